The monoisotopic (exact) mass is 246 g/mol. The van der Waals surface area contributed by atoms with Crippen LogP contribution in [0.1, 0.15) is 12.8 Å². The van der Waals surface area contributed by atoms with Crippen LogP contribution in [0.15, 0.2) is 5.16 Å². The molecular weight excluding hydrogens is 232 g/mol. The quantitative estimate of drug-likeness (QED) is 0.648. The number of rotatable bonds is 6. The van der Waals surface area contributed by atoms with Gasteiger partial charge in [0.1, 0.15) is 0 Å². The molecule has 0 aromatic carbocycles. The van der Waals surface area contributed by atoms with Crippen LogP contribution in [0.3, 0.4) is 0 Å². The van der Waals surface area contributed by atoms with E-state index in [0.717, 1.165) is 12.2 Å². The Hall–Kier alpha value is -1.24. The number of hydrogen-bond donors (Lipinski definition) is 2. The fourth-order valence-corrected chi connectivity index (χ4v) is 1.62. The van der Waals surface area contributed by atoms with Crippen LogP contribution >= 0.6 is 11.8 Å². The minimum absolute atomic E-state index is 0.0314. The molecule has 1 atom stereocenters. The first kappa shape index (κ1) is 12.8. The third-order valence-electron chi connectivity index (χ3n) is 2.03. The van der Waals surface area contributed by atoms with Crippen molar-refractivity contribution in [3.63, 3.8) is 0 Å². The molecule has 16 heavy (non-hydrogen) atoms. The zero-order chi connectivity index (χ0) is 12.0. The zero-order valence-electron chi connectivity index (χ0n) is 8.93. The zero-order valence-corrected chi connectivity index (χ0v) is 9.75. The number of nitrogens with zero attached hydrogens (tertiary/aromatic N) is 1. The summed E-state index contributed by atoms with van der Waals surface area (Å²) in [5.74, 6) is -0.471. The maximum atomic E-state index is 11.5. The van der Waals surface area contributed by atoms with E-state index in [2.05, 4.69) is 10.5 Å². The second-order valence-electron chi connectivity index (χ2n) is 3.28. The van der Waals surface area contributed by atoms with E-state index in [1.165, 1.54) is 0 Å². The molecule has 0 saturated carbocycles. The molecule has 0 bridgehead atoms. The van der Waals surface area contributed by atoms with Gasteiger partial charge < -0.3 is 15.3 Å². The Labute approximate surface area is 97.4 Å². The van der Waals surface area contributed by atoms with Crippen molar-refractivity contribution in [2.75, 3.05) is 18.6 Å². The Bertz CT molecular complexity index is 306. The van der Waals surface area contributed by atoms with Crippen LogP contribution in [0.2, 0.25) is 0 Å². The van der Waals surface area contributed by atoms with Gasteiger partial charge in [0.15, 0.2) is 5.71 Å². The van der Waals surface area contributed by atoms with Gasteiger partial charge in [-0.05, 0) is 18.4 Å². The number of hydrogen-bond acceptors (Lipinski definition) is 5. The number of carboxylic acid groups (broad SMARTS) is 1. The third-order valence-corrected chi connectivity index (χ3v) is 2.73. The highest BCUT2D eigenvalue weighted by molar-refractivity contribution is 7.98. The molecule has 0 spiro atoms. The Morgan fingerprint density at radius 3 is 3.00 bits per heavy atom. The van der Waals surface area contributed by atoms with Gasteiger partial charge >= 0.3 is 5.97 Å². The normalized spacial score (nSPS) is 18.8. The number of carbonyl (C=O) groups is 2. The van der Waals surface area contributed by atoms with Gasteiger partial charge in [0.25, 0.3) is 5.91 Å². The highest BCUT2D eigenvalue weighted by atomic mass is 32.2. The molecule has 1 heterocycles. The molecule has 1 amide bonds. The second kappa shape index (κ2) is 6.37. The number of amides is 1. The third kappa shape index (κ3) is 3.73. The molecule has 1 aliphatic rings. The van der Waals surface area contributed by atoms with Crippen LogP contribution in [-0.2, 0) is 14.4 Å². The van der Waals surface area contributed by atoms with Gasteiger partial charge in [-0.25, -0.2) is 4.79 Å². The fraction of sp³-hybridized carbons (Fsp3) is 0.667. The maximum Gasteiger partial charge on any atom is 0.353 e. The smallest absolute Gasteiger partial charge is 0.353 e. The average Bonchev–Trinajstić information content (AvgIpc) is 2.73. The Morgan fingerprint density at radius 1 is 1.69 bits per heavy atom. The summed E-state index contributed by atoms with van der Waals surface area (Å²) in [6.45, 7) is 0.571. The highest BCUT2D eigenvalue weighted by Gasteiger charge is 2.31. The SMILES string of the molecule is CSCCCNC(=O)C1CC(C(=O)O)=NO1. The molecule has 0 aliphatic carbocycles. The van der Waals surface area contributed by atoms with Crippen molar-refractivity contribution in [3.05, 3.63) is 0 Å². The number of oxime groups is 1. The van der Waals surface area contributed by atoms with Gasteiger partial charge in [-0.15, -0.1) is 0 Å². The van der Waals surface area contributed by atoms with E-state index in [1.807, 2.05) is 6.26 Å². The van der Waals surface area contributed by atoms with E-state index < -0.39 is 12.1 Å². The maximum absolute atomic E-state index is 11.5. The number of aliphatic carboxylic acids is 1. The van der Waals surface area contributed by atoms with Crippen LogP contribution < -0.4 is 5.32 Å². The van der Waals surface area contributed by atoms with E-state index in [-0.39, 0.29) is 18.0 Å². The van der Waals surface area contributed by atoms with Gasteiger partial charge in [0, 0.05) is 13.0 Å². The molecule has 90 valence electrons. The first-order valence-electron chi connectivity index (χ1n) is 4.87. The van der Waals surface area contributed by atoms with Gasteiger partial charge in [0.05, 0.1) is 0 Å². The van der Waals surface area contributed by atoms with Crippen LogP contribution in [0, 0.1) is 0 Å². The predicted octanol–water partition coefficient (Wildman–Crippen LogP) is 0.0852. The first-order valence-corrected chi connectivity index (χ1v) is 6.27. The predicted molar refractivity (Wildman–Crippen MR) is 60.6 cm³/mol. The minimum atomic E-state index is -1.14. The van der Waals surface area contributed by atoms with E-state index in [1.54, 1.807) is 11.8 Å². The molecule has 0 radical (unpaired) electrons. The minimum Gasteiger partial charge on any atom is -0.477 e. The Balaban J connectivity index is 2.23. The fourth-order valence-electron chi connectivity index (χ4n) is 1.19. The van der Waals surface area contributed by atoms with Crippen molar-refractivity contribution >= 4 is 29.4 Å². The highest BCUT2D eigenvalue weighted by Crippen LogP contribution is 2.10. The molecule has 2 N–H and O–H groups in total. The molecule has 6 nitrogen and oxygen atoms in total. The van der Waals surface area contributed by atoms with Gasteiger partial charge in [0.2, 0.25) is 6.10 Å². The summed E-state index contributed by atoms with van der Waals surface area (Å²) in [7, 11) is 0. The van der Waals surface area contributed by atoms with Crippen molar-refractivity contribution in [1.82, 2.24) is 5.32 Å². The van der Waals surface area contributed by atoms with Gasteiger partial charge in [-0.2, -0.15) is 11.8 Å². The number of carbonyl (C=O) groups excluding carboxylic acids is 1. The van der Waals surface area contributed by atoms with Crippen molar-refractivity contribution in [2.45, 2.75) is 18.9 Å². The summed E-state index contributed by atoms with van der Waals surface area (Å²) in [6, 6.07) is 0. The lowest BCUT2D eigenvalue weighted by atomic mass is 10.2. The summed E-state index contributed by atoms with van der Waals surface area (Å²) in [4.78, 5) is 26.7. The summed E-state index contributed by atoms with van der Waals surface area (Å²) < 4.78 is 0. The van der Waals surface area contributed by atoms with Crippen molar-refractivity contribution in [2.24, 2.45) is 5.16 Å². The Kier molecular flexibility index (Phi) is 5.10. The van der Waals surface area contributed by atoms with E-state index in [4.69, 9.17) is 9.94 Å². The number of nitrogens with one attached hydrogen (secondary N) is 1. The van der Waals surface area contributed by atoms with E-state index in [9.17, 15) is 9.59 Å². The van der Waals surface area contributed by atoms with Crippen LogP contribution in [0.25, 0.3) is 0 Å². The summed E-state index contributed by atoms with van der Waals surface area (Å²) in [5.41, 5.74) is -0.107. The lowest BCUT2D eigenvalue weighted by Gasteiger charge is -2.08. The number of carboxylic acids is 1. The van der Waals surface area contributed by atoms with Crippen molar-refractivity contribution < 1.29 is 19.5 Å². The van der Waals surface area contributed by atoms with E-state index in [0.29, 0.717) is 6.54 Å². The lowest BCUT2D eigenvalue weighted by molar-refractivity contribution is -0.131. The molecule has 7 heteroatoms. The standard InChI is InChI=1S/C9H14N2O4S/c1-16-4-2-3-10-8(12)7-5-6(9(13)14)11-15-7/h7H,2-5H2,1H3,(H,10,12)(H,13,14). The van der Waals surface area contributed by atoms with Crippen LogP contribution in [0.4, 0.5) is 0 Å². The van der Waals surface area contributed by atoms with Crippen LogP contribution in [-0.4, -0.2) is 47.4 Å². The van der Waals surface area contributed by atoms with Gasteiger partial charge in [-0.1, -0.05) is 5.16 Å². The first-order chi connectivity index (χ1) is 7.65. The summed E-state index contributed by atoms with van der Waals surface area (Å²) in [5, 5.41) is 14.6. The largest absolute Gasteiger partial charge is 0.477 e. The molecule has 0 aromatic rings. The molecular formula is C9H14N2O4S. The molecule has 0 aromatic heterocycles. The van der Waals surface area contributed by atoms with Crippen molar-refractivity contribution in [1.29, 1.82) is 0 Å². The second-order valence-corrected chi connectivity index (χ2v) is 4.26. The van der Waals surface area contributed by atoms with E-state index >= 15 is 0 Å². The van der Waals surface area contributed by atoms with Gasteiger partial charge in [-0.3, -0.25) is 4.79 Å². The number of thioether (sulfide) groups is 1. The molecule has 1 unspecified atom stereocenters. The molecule has 0 fully saturated rings. The topological polar surface area (TPSA) is 88.0 Å². The average molecular weight is 246 g/mol. The molecule has 1 rings (SSSR count). The summed E-state index contributed by atoms with van der Waals surface area (Å²) >= 11 is 1.71. The van der Waals surface area contributed by atoms with Crippen molar-refractivity contribution in [3.8, 4) is 0 Å². The summed E-state index contributed by atoms with van der Waals surface area (Å²) in [6.07, 6.45) is 2.12. The lowest BCUT2D eigenvalue weighted by Crippen LogP contribution is -2.35. The molecule has 1 aliphatic heterocycles. The Morgan fingerprint density at radius 2 is 2.44 bits per heavy atom. The molecule has 0 saturated heterocycles. The van der Waals surface area contributed by atoms with Crippen LogP contribution in [0.5, 0.6) is 0 Å².